The Balaban J connectivity index is 1.58. The monoisotopic (exact) mass is 555 g/mol. The summed E-state index contributed by atoms with van der Waals surface area (Å²) in [6.45, 7) is 2.67. The molecule has 2 heterocycles. The Hall–Kier alpha value is -3.90. The van der Waals surface area contributed by atoms with Gasteiger partial charge in [-0.05, 0) is 32.9 Å². The van der Waals surface area contributed by atoms with Crippen LogP contribution in [-0.2, 0) is 4.74 Å². The molecule has 0 aliphatic carbocycles. The number of carbonyl (C=O) groups excluding carboxylic acids is 2. The van der Waals surface area contributed by atoms with E-state index in [9.17, 15) is 31.5 Å². The second-order valence-corrected chi connectivity index (χ2v) is 10.0. The molecule has 8 nitrogen and oxygen atoms in total. The van der Waals surface area contributed by atoms with E-state index >= 15 is 0 Å². The highest BCUT2D eigenvalue weighted by Crippen LogP contribution is 2.36. The van der Waals surface area contributed by atoms with Crippen LogP contribution < -0.4 is 10.1 Å². The lowest BCUT2D eigenvalue weighted by atomic mass is 10.0. The molecule has 0 unspecified atom stereocenters. The second-order valence-electron chi connectivity index (χ2n) is 10.0. The molecule has 4 rings (SSSR count). The first-order chi connectivity index (χ1) is 18.1. The lowest BCUT2D eigenvalue weighted by molar-refractivity contribution is -0.153. The number of carbonyl (C=O) groups is 2. The Morgan fingerprint density at radius 1 is 1.10 bits per heavy atom. The number of hydrogen-bond acceptors (Lipinski definition) is 6. The molecule has 0 bridgehead atoms. The van der Waals surface area contributed by atoms with Crippen LogP contribution in [0.2, 0.25) is 0 Å². The van der Waals surface area contributed by atoms with Crippen LogP contribution in [0, 0.1) is 0 Å². The summed E-state index contributed by atoms with van der Waals surface area (Å²) in [5.74, 6) is -4.97. The molecule has 39 heavy (non-hydrogen) atoms. The molecule has 210 valence electrons. The quantitative estimate of drug-likeness (QED) is 0.400. The molecule has 3 aromatic rings. The first kappa shape index (κ1) is 28.1. The highest BCUT2D eigenvalue weighted by Gasteiger charge is 2.47. The minimum atomic E-state index is -4.56. The number of para-hydroxylation sites is 2. The highest BCUT2D eigenvalue weighted by atomic mass is 19.4. The molecule has 1 aromatic heterocycles. The molecule has 1 atom stereocenters. The zero-order chi connectivity index (χ0) is 28.6. The summed E-state index contributed by atoms with van der Waals surface area (Å²) in [6, 6.07) is 8.80. The molecule has 1 saturated heterocycles. The predicted molar refractivity (Wildman–Crippen MR) is 130 cm³/mol. The number of alkyl halides is 5. The largest absolute Gasteiger partial charge is 0.483 e. The van der Waals surface area contributed by atoms with Crippen LogP contribution in [0.5, 0.6) is 5.75 Å². The molecule has 2 aromatic carbocycles. The van der Waals surface area contributed by atoms with Crippen molar-refractivity contribution in [1.82, 2.24) is 15.2 Å². The number of aromatic nitrogens is 1. The fourth-order valence-electron chi connectivity index (χ4n) is 4.00. The van der Waals surface area contributed by atoms with E-state index in [0.717, 1.165) is 4.90 Å². The average molecular weight is 556 g/mol. The Morgan fingerprint density at radius 3 is 2.49 bits per heavy atom. The van der Waals surface area contributed by atoms with Crippen LogP contribution in [-0.4, -0.2) is 65.3 Å². The number of nitrogens with zero attached hydrogens (tertiary/aromatic N) is 2. The van der Waals surface area contributed by atoms with Gasteiger partial charge in [0, 0.05) is 24.1 Å². The van der Waals surface area contributed by atoms with Gasteiger partial charge in [-0.15, -0.1) is 0 Å². The van der Waals surface area contributed by atoms with Crippen LogP contribution in [0.1, 0.15) is 37.9 Å². The molecule has 0 spiro atoms. The molecule has 0 saturated carbocycles. The molecule has 1 aliphatic heterocycles. The topological polar surface area (TPSA) is 93.9 Å². The summed E-state index contributed by atoms with van der Waals surface area (Å²) in [5.41, 5.74) is -0.0639. The molecule has 1 aliphatic rings. The van der Waals surface area contributed by atoms with Crippen LogP contribution in [0.3, 0.4) is 0 Å². The maximum Gasteiger partial charge on any atom is 0.422 e. The van der Waals surface area contributed by atoms with E-state index in [2.05, 4.69) is 10.3 Å². The number of ether oxygens (including phenoxy) is 2. The van der Waals surface area contributed by atoms with Crippen molar-refractivity contribution in [1.29, 1.82) is 0 Å². The fraction of sp³-hybridized carbons (Fsp3) is 0.423. The zero-order valence-corrected chi connectivity index (χ0v) is 21.3. The third kappa shape index (κ3) is 6.76. The zero-order valence-electron chi connectivity index (χ0n) is 21.3. The van der Waals surface area contributed by atoms with Crippen molar-refractivity contribution in [2.24, 2.45) is 0 Å². The van der Waals surface area contributed by atoms with Crippen molar-refractivity contribution in [3.63, 3.8) is 0 Å². The highest BCUT2D eigenvalue weighted by molar-refractivity contribution is 5.97. The van der Waals surface area contributed by atoms with E-state index in [4.69, 9.17) is 13.9 Å². The van der Waals surface area contributed by atoms with E-state index in [1.807, 2.05) is 0 Å². The van der Waals surface area contributed by atoms with Gasteiger partial charge in [0.15, 0.2) is 12.2 Å². The predicted octanol–water partition coefficient (Wildman–Crippen LogP) is 5.81. The van der Waals surface area contributed by atoms with E-state index in [0.29, 0.717) is 0 Å². The summed E-state index contributed by atoms with van der Waals surface area (Å²) in [7, 11) is 0. The van der Waals surface area contributed by atoms with Gasteiger partial charge in [0.25, 0.3) is 11.8 Å². The van der Waals surface area contributed by atoms with E-state index in [1.165, 1.54) is 24.3 Å². The van der Waals surface area contributed by atoms with Gasteiger partial charge in [0.1, 0.15) is 22.9 Å². The summed E-state index contributed by atoms with van der Waals surface area (Å²) in [4.78, 5) is 30.5. The molecule has 13 heteroatoms. The minimum Gasteiger partial charge on any atom is -0.483 e. The molecular formula is C26H26F5N3O5. The van der Waals surface area contributed by atoms with Crippen LogP contribution in [0.15, 0.2) is 46.9 Å². The number of piperidine rings is 1. The number of amides is 2. The van der Waals surface area contributed by atoms with Gasteiger partial charge in [-0.2, -0.15) is 13.2 Å². The smallest absolute Gasteiger partial charge is 0.422 e. The average Bonchev–Trinajstić information content (AvgIpc) is 3.27. The minimum absolute atomic E-state index is 0.0523. The summed E-state index contributed by atoms with van der Waals surface area (Å²) in [5, 5.41) is 2.20. The lowest BCUT2D eigenvalue weighted by Crippen LogP contribution is -2.60. The standard InChI is InChI=1S/C26H26F5N3O5/c1-24(2,3)39-23(36)34-12-11-25(27,28)19(13-34)33-21(35)22-32-17-9-6-8-16(20(17)38-22)15-7-4-5-10-18(15)37-14-26(29,30)31/h4-10,19H,11-14H2,1-3H3,(H,33,35)/t19-/m1/s1. The molecule has 0 radical (unpaired) electrons. The maximum atomic E-state index is 14.7. The van der Waals surface area contributed by atoms with Gasteiger partial charge in [-0.25, -0.2) is 18.6 Å². The Morgan fingerprint density at radius 2 is 1.79 bits per heavy atom. The van der Waals surface area contributed by atoms with Crippen LogP contribution >= 0.6 is 0 Å². The van der Waals surface area contributed by atoms with Crippen molar-refractivity contribution in [2.75, 3.05) is 19.7 Å². The van der Waals surface area contributed by atoms with Crippen molar-refractivity contribution >= 4 is 23.1 Å². The number of nitrogens with one attached hydrogen (secondary N) is 1. The molecule has 1 N–H and O–H groups in total. The van der Waals surface area contributed by atoms with E-state index < -0.39 is 61.2 Å². The van der Waals surface area contributed by atoms with Crippen LogP contribution in [0.4, 0.5) is 26.7 Å². The van der Waals surface area contributed by atoms with E-state index in [1.54, 1.807) is 39.0 Å². The fourth-order valence-corrected chi connectivity index (χ4v) is 4.00. The lowest BCUT2D eigenvalue weighted by Gasteiger charge is -2.38. The number of benzene rings is 2. The number of hydrogen-bond donors (Lipinski definition) is 1. The van der Waals surface area contributed by atoms with Gasteiger partial charge in [0.05, 0.1) is 6.54 Å². The number of likely N-dealkylation sites (tertiary alicyclic amines) is 1. The summed E-state index contributed by atoms with van der Waals surface area (Å²) in [6.07, 6.45) is -6.03. The Bertz CT molecular complexity index is 1370. The normalized spacial score (nSPS) is 17.6. The van der Waals surface area contributed by atoms with Gasteiger partial charge >= 0.3 is 18.2 Å². The Labute approximate surface area is 220 Å². The number of halogens is 5. The van der Waals surface area contributed by atoms with Crippen molar-refractivity contribution in [3.05, 3.63) is 48.4 Å². The van der Waals surface area contributed by atoms with Crippen molar-refractivity contribution in [3.8, 4) is 16.9 Å². The van der Waals surface area contributed by atoms with Gasteiger partial charge in [0.2, 0.25) is 0 Å². The second kappa shape index (κ2) is 10.3. The van der Waals surface area contributed by atoms with Crippen molar-refractivity contribution in [2.45, 2.75) is 50.9 Å². The van der Waals surface area contributed by atoms with Crippen molar-refractivity contribution < 1.29 is 45.4 Å². The maximum absolute atomic E-state index is 14.7. The molecule has 2 amide bonds. The Kier molecular flexibility index (Phi) is 7.46. The summed E-state index contributed by atoms with van der Waals surface area (Å²) >= 11 is 0. The number of oxazole rings is 1. The first-order valence-electron chi connectivity index (χ1n) is 12.0. The van der Waals surface area contributed by atoms with Gasteiger partial charge in [-0.3, -0.25) is 4.79 Å². The SMILES string of the molecule is CC(C)(C)OC(=O)N1CCC(F)(F)[C@H](NC(=O)c2nc3cccc(-c4ccccc4OCC(F)(F)F)c3o2)C1. The molecule has 1 fully saturated rings. The number of fused-ring (bicyclic) bond motifs is 1. The molecular weight excluding hydrogens is 529 g/mol. The van der Waals surface area contributed by atoms with Gasteiger partial charge < -0.3 is 24.1 Å². The third-order valence-electron chi connectivity index (χ3n) is 5.76. The first-order valence-corrected chi connectivity index (χ1v) is 12.0. The number of rotatable bonds is 5. The van der Waals surface area contributed by atoms with E-state index in [-0.39, 0.29) is 34.5 Å². The summed E-state index contributed by atoms with van der Waals surface area (Å²) < 4.78 is 83.3. The third-order valence-corrected chi connectivity index (χ3v) is 5.76. The van der Waals surface area contributed by atoms with Crippen LogP contribution in [0.25, 0.3) is 22.2 Å². The van der Waals surface area contributed by atoms with Gasteiger partial charge in [-0.1, -0.05) is 30.3 Å².